The van der Waals surface area contributed by atoms with Gasteiger partial charge in [0.1, 0.15) is 5.82 Å². The van der Waals surface area contributed by atoms with Crippen LogP contribution in [0, 0.1) is 5.41 Å². The molecule has 1 spiro atoms. The lowest BCUT2D eigenvalue weighted by Crippen LogP contribution is -2.89. The van der Waals surface area contributed by atoms with Gasteiger partial charge in [-0.1, -0.05) is 56.3 Å². The number of allylic oxidation sites excluding steroid dienone is 4. The van der Waals surface area contributed by atoms with E-state index in [4.69, 9.17) is 10.1 Å². The first-order valence-electron chi connectivity index (χ1n) is 13.4. The summed E-state index contributed by atoms with van der Waals surface area (Å²) in [7, 11) is 0. The number of ketones is 1. The summed E-state index contributed by atoms with van der Waals surface area (Å²) in [6.45, 7) is 7.32. The Bertz CT molecular complexity index is 1460. The fourth-order valence-electron chi connectivity index (χ4n) is 7.50. The third-order valence-electron chi connectivity index (χ3n) is 9.72. The van der Waals surface area contributed by atoms with E-state index < -0.39 is 0 Å². The van der Waals surface area contributed by atoms with E-state index in [1.807, 2.05) is 16.8 Å². The van der Waals surface area contributed by atoms with Crippen molar-refractivity contribution < 1.29 is 4.79 Å². The highest BCUT2D eigenvalue weighted by atomic mass is 16.1. The molecule has 6 nitrogen and oxygen atoms in total. The summed E-state index contributed by atoms with van der Waals surface area (Å²) >= 11 is 0. The van der Waals surface area contributed by atoms with Crippen molar-refractivity contribution in [3.05, 3.63) is 71.1 Å². The lowest BCUT2D eigenvalue weighted by atomic mass is 9.32. The van der Waals surface area contributed by atoms with Gasteiger partial charge in [0.05, 0.1) is 17.5 Å². The third-order valence-corrected chi connectivity index (χ3v) is 9.72. The molecule has 0 radical (unpaired) electrons. The number of anilines is 1. The fourth-order valence-corrected chi connectivity index (χ4v) is 7.50. The van der Waals surface area contributed by atoms with Gasteiger partial charge in [-0.25, -0.2) is 4.98 Å². The lowest BCUT2D eigenvalue weighted by Gasteiger charge is -2.79. The zero-order valence-electron chi connectivity index (χ0n) is 21.3. The summed E-state index contributed by atoms with van der Waals surface area (Å²) < 4.78 is 1.87. The van der Waals surface area contributed by atoms with Crippen molar-refractivity contribution in [1.82, 2.24) is 19.9 Å². The molecule has 1 aromatic carbocycles. The van der Waals surface area contributed by atoms with Gasteiger partial charge < -0.3 is 10.6 Å². The average Bonchev–Trinajstić information content (AvgIpc) is 3.30. The molecule has 0 amide bonds. The molecule has 2 aliphatic carbocycles. The Morgan fingerprint density at radius 3 is 2.75 bits per heavy atom. The van der Waals surface area contributed by atoms with Crippen LogP contribution in [0.5, 0.6) is 0 Å². The number of Topliss-reactive ketones (excluding diaryl/α,β-unsaturated/α-hetero) is 1. The third kappa shape index (κ3) is 2.68. The van der Waals surface area contributed by atoms with Crippen LogP contribution in [0.4, 0.5) is 5.82 Å². The highest BCUT2D eigenvalue weighted by Gasteiger charge is 2.77. The predicted molar refractivity (Wildman–Crippen MR) is 143 cm³/mol. The monoisotopic (exact) mass is 479 g/mol. The van der Waals surface area contributed by atoms with Crippen molar-refractivity contribution in [2.45, 2.75) is 70.4 Å². The summed E-state index contributed by atoms with van der Waals surface area (Å²) in [4.78, 5) is 18.6. The number of nitrogens with zero attached hydrogens (tertiary/aromatic N) is 3. The van der Waals surface area contributed by atoms with Crippen LogP contribution in [0.2, 0.25) is 0 Å². The minimum Gasteiger partial charge on any atom is -0.369 e. The van der Waals surface area contributed by atoms with Crippen molar-refractivity contribution in [1.29, 1.82) is 0 Å². The smallest absolute Gasteiger partial charge is 0.170 e. The van der Waals surface area contributed by atoms with E-state index in [0.717, 1.165) is 41.1 Å². The van der Waals surface area contributed by atoms with E-state index in [9.17, 15) is 4.79 Å². The van der Waals surface area contributed by atoms with Gasteiger partial charge in [0.2, 0.25) is 0 Å². The highest BCUT2D eigenvalue weighted by Crippen LogP contribution is 2.72. The number of rotatable bonds is 5. The minimum absolute atomic E-state index is 0.0756. The number of carbonyl (C=O) groups excluding carboxylic acids is 1. The van der Waals surface area contributed by atoms with Crippen molar-refractivity contribution in [2.24, 2.45) is 5.41 Å². The van der Waals surface area contributed by atoms with Crippen molar-refractivity contribution in [2.75, 3.05) is 11.9 Å². The first-order valence-corrected chi connectivity index (χ1v) is 13.4. The summed E-state index contributed by atoms with van der Waals surface area (Å²) in [6, 6.07) is 11.6. The Morgan fingerprint density at radius 1 is 1.22 bits per heavy atom. The first kappa shape index (κ1) is 22.0. The molecule has 2 N–H and O–H groups in total. The van der Waals surface area contributed by atoms with E-state index >= 15 is 0 Å². The van der Waals surface area contributed by atoms with E-state index in [1.165, 1.54) is 29.6 Å². The maximum Gasteiger partial charge on any atom is 0.170 e. The quantitative estimate of drug-likeness (QED) is 0.479. The van der Waals surface area contributed by atoms with Crippen LogP contribution < -0.4 is 10.6 Å². The zero-order valence-corrected chi connectivity index (χ0v) is 21.3. The Labute approximate surface area is 211 Å². The molecule has 1 saturated heterocycles. The first-order chi connectivity index (χ1) is 17.5. The number of carbonyl (C=O) groups is 1. The molecule has 4 heterocycles. The van der Waals surface area contributed by atoms with Crippen molar-refractivity contribution in [3.63, 3.8) is 0 Å². The van der Waals surface area contributed by atoms with Gasteiger partial charge in [-0.15, -0.1) is 0 Å². The summed E-state index contributed by atoms with van der Waals surface area (Å²) in [5.74, 6) is 1.02. The molecular formula is C30H33N5O. The molecule has 4 atom stereocenters. The van der Waals surface area contributed by atoms with Crippen molar-refractivity contribution in [3.8, 4) is 0 Å². The number of aromatic nitrogens is 3. The number of fused-ring (bicyclic) bond motifs is 3. The van der Waals surface area contributed by atoms with Crippen LogP contribution in [0.25, 0.3) is 16.8 Å². The van der Waals surface area contributed by atoms with Crippen molar-refractivity contribution >= 4 is 28.4 Å². The molecule has 3 aromatic rings. The Balaban J connectivity index is 1.38. The second kappa shape index (κ2) is 7.62. The minimum atomic E-state index is -0.0756. The number of nitrogens with one attached hydrogen (secondary N) is 2. The fraction of sp³-hybridized carbons (Fsp3) is 0.433. The Kier molecular flexibility index (Phi) is 4.66. The van der Waals surface area contributed by atoms with Gasteiger partial charge in [0.15, 0.2) is 11.4 Å². The standard InChI is InChI=1S/C30H33N5O/c1-4-19(11-10-18(2)20-8-6-5-7-9-20)21-17-32-35-27(21)34-26(25-22(36)13-15-31-28(25)35)29(3)16-24-30(29)14-12-23(30)33-24/h5-11,17,23-24,31,33H,4,12-16H2,1-3H3/b18-10+,19-11+. The van der Waals surface area contributed by atoms with Crippen LogP contribution in [0.3, 0.4) is 0 Å². The second-order valence-electron chi connectivity index (χ2n) is 11.2. The maximum atomic E-state index is 13.3. The zero-order chi connectivity index (χ0) is 24.7. The van der Waals surface area contributed by atoms with Gasteiger partial charge >= 0.3 is 0 Å². The van der Waals surface area contributed by atoms with E-state index in [2.05, 4.69) is 67.8 Å². The van der Waals surface area contributed by atoms with Gasteiger partial charge in [-0.2, -0.15) is 9.61 Å². The molecule has 2 saturated carbocycles. The number of benzene rings is 1. The lowest BCUT2D eigenvalue weighted by molar-refractivity contribution is -0.220. The SMILES string of the molecule is CC/C(=C\C=C(/C)c1ccccc1)c1cnn2c3c(c(C4(C)CC5NC6CCC654)nc12)C(=O)CCN3. The molecule has 184 valence electrons. The van der Waals surface area contributed by atoms with Crippen LogP contribution in [-0.2, 0) is 5.41 Å². The topological polar surface area (TPSA) is 71.3 Å². The summed E-state index contributed by atoms with van der Waals surface area (Å²) in [6.07, 6.45) is 11.2. The average molecular weight is 480 g/mol. The maximum absolute atomic E-state index is 13.3. The summed E-state index contributed by atoms with van der Waals surface area (Å²) in [5.41, 5.74) is 7.51. The molecule has 4 unspecified atom stereocenters. The number of hydrogen-bond donors (Lipinski definition) is 2. The second-order valence-corrected chi connectivity index (χ2v) is 11.2. The molecule has 0 bridgehead atoms. The molecule has 2 aliphatic heterocycles. The van der Waals surface area contributed by atoms with Gasteiger partial charge in [0.25, 0.3) is 0 Å². The van der Waals surface area contributed by atoms with Gasteiger partial charge in [-0.3, -0.25) is 4.79 Å². The van der Waals surface area contributed by atoms with E-state index in [0.29, 0.717) is 25.0 Å². The van der Waals surface area contributed by atoms with Crippen LogP contribution in [0.15, 0.2) is 48.7 Å². The van der Waals surface area contributed by atoms with E-state index in [-0.39, 0.29) is 16.6 Å². The van der Waals surface area contributed by atoms with Crippen LogP contribution >= 0.6 is 0 Å². The molecular weight excluding hydrogens is 446 g/mol. The molecule has 6 heteroatoms. The highest BCUT2D eigenvalue weighted by molar-refractivity contribution is 6.04. The summed E-state index contributed by atoms with van der Waals surface area (Å²) in [5, 5.41) is 12.0. The molecule has 7 rings (SSSR count). The van der Waals surface area contributed by atoms with E-state index in [1.54, 1.807) is 0 Å². The van der Waals surface area contributed by atoms with Crippen LogP contribution in [0.1, 0.15) is 80.1 Å². The predicted octanol–water partition coefficient (Wildman–Crippen LogP) is 5.41. The van der Waals surface area contributed by atoms with Crippen LogP contribution in [-0.4, -0.2) is 39.0 Å². The van der Waals surface area contributed by atoms with Gasteiger partial charge in [0, 0.05) is 41.4 Å². The molecule has 36 heavy (non-hydrogen) atoms. The Morgan fingerprint density at radius 2 is 2.06 bits per heavy atom. The van der Waals surface area contributed by atoms with Gasteiger partial charge in [-0.05, 0) is 49.3 Å². The molecule has 3 fully saturated rings. The molecule has 2 aromatic heterocycles. The number of hydrogen-bond acceptors (Lipinski definition) is 5. The largest absolute Gasteiger partial charge is 0.369 e. The molecule has 4 aliphatic rings. The Hall–Kier alpha value is -3.25. The normalized spacial score (nSPS) is 30.9. The number of piperidine rings is 2.